The topological polar surface area (TPSA) is 96.5 Å². The van der Waals surface area contributed by atoms with Gasteiger partial charge in [-0.2, -0.15) is 0 Å². The molecule has 1 aromatic carbocycles. The zero-order valence-corrected chi connectivity index (χ0v) is 15.2. The van der Waals surface area contributed by atoms with Gasteiger partial charge in [0.15, 0.2) is 6.61 Å². The molecule has 2 heterocycles. The molecule has 2 amide bonds. The molecular formula is C20H20N2O5. The third-order valence-electron chi connectivity index (χ3n) is 4.37. The Bertz CT molecular complexity index is 899. The van der Waals surface area contributed by atoms with Crippen molar-refractivity contribution in [2.45, 2.75) is 20.3 Å². The van der Waals surface area contributed by atoms with E-state index in [4.69, 9.17) is 4.74 Å². The number of carbonyl (C=O) groups is 4. The van der Waals surface area contributed by atoms with Gasteiger partial charge in [0.25, 0.3) is 11.8 Å². The molecule has 2 aromatic rings. The summed E-state index contributed by atoms with van der Waals surface area (Å²) in [5.41, 5.74) is 0.940. The summed E-state index contributed by atoms with van der Waals surface area (Å²) < 4.78 is 5.02. The minimum atomic E-state index is -0.724. The first-order chi connectivity index (χ1) is 12.9. The zero-order valence-electron chi connectivity index (χ0n) is 15.2. The van der Waals surface area contributed by atoms with Gasteiger partial charge in [-0.25, -0.2) is 4.79 Å². The van der Waals surface area contributed by atoms with Crippen LogP contribution in [0.2, 0.25) is 0 Å². The number of Topliss-reactive ketones (excluding diaryl/α,β-unsaturated/α-hetero) is 1. The standard InChI is InChI=1S/C20H20N2O5/c1-12(2)7-9-22-18(24)14-6-5-13(10-15(14)19(22)25)20(26)27-11-17(23)16-4-3-8-21-16/h3-6,8,10,12,21H,7,9,11H2,1-2H3. The quantitative estimate of drug-likeness (QED) is 0.460. The number of nitrogens with one attached hydrogen (secondary N) is 1. The number of rotatable bonds is 7. The smallest absolute Gasteiger partial charge is 0.338 e. The molecule has 0 atom stereocenters. The van der Waals surface area contributed by atoms with Crippen LogP contribution in [0.5, 0.6) is 0 Å². The number of hydrogen-bond donors (Lipinski definition) is 1. The number of imide groups is 1. The summed E-state index contributed by atoms with van der Waals surface area (Å²) in [6.07, 6.45) is 2.31. The van der Waals surface area contributed by atoms with Crippen molar-refractivity contribution >= 4 is 23.6 Å². The van der Waals surface area contributed by atoms with Crippen LogP contribution in [0, 0.1) is 5.92 Å². The molecule has 27 heavy (non-hydrogen) atoms. The molecular weight excluding hydrogens is 348 g/mol. The second-order valence-electron chi connectivity index (χ2n) is 6.79. The lowest BCUT2D eigenvalue weighted by atomic mass is 10.1. The van der Waals surface area contributed by atoms with E-state index in [2.05, 4.69) is 4.98 Å². The average Bonchev–Trinajstić information content (AvgIpc) is 3.26. The third kappa shape index (κ3) is 3.81. The van der Waals surface area contributed by atoms with E-state index in [1.165, 1.54) is 23.1 Å². The molecule has 1 aliphatic rings. The number of benzene rings is 1. The van der Waals surface area contributed by atoms with Gasteiger partial charge in [-0.05, 0) is 42.7 Å². The molecule has 7 nitrogen and oxygen atoms in total. The number of hydrogen-bond acceptors (Lipinski definition) is 5. The summed E-state index contributed by atoms with van der Waals surface area (Å²) in [5, 5.41) is 0. The SMILES string of the molecule is CC(C)CCN1C(=O)c2ccc(C(=O)OCC(=O)c3ccc[nH]3)cc2C1=O. The van der Waals surface area contributed by atoms with Crippen LogP contribution in [0.3, 0.4) is 0 Å². The van der Waals surface area contributed by atoms with E-state index < -0.39 is 18.5 Å². The number of fused-ring (bicyclic) bond motifs is 1. The maximum Gasteiger partial charge on any atom is 0.338 e. The van der Waals surface area contributed by atoms with E-state index in [1.807, 2.05) is 13.8 Å². The van der Waals surface area contributed by atoms with Gasteiger partial charge in [0.2, 0.25) is 5.78 Å². The molecule has 0 aliphatic carbocycles. The van der Waals surface area contributed by atoms with Crippen molar-refractivity contribution in [1.29, 1.82) is 0 Å². The predicted octanol–water partition coefficient (Wildman–Crippen LogP) is 2.70. The molecule has 0 unspecified atom stereocenters. The van der Waals surface area contributed by atoms with E-state index in [-0.39, 0.29) is 28.4 Å². The Kier molecular flexibility index (Phi) is 5.21. The lowest BCUT2D eigenvalue weighted by Crippen LogP contribution is -2.31. The van der Waals surface area contributed by atoms with Gasteiger partial charge in [-0.1, -0.05) is 13.8 Å². The molecule has 0 radical (unpaired) electrons. The van der Waals surface area contributed by atoms with Crippen LogP contribution in [-0.2, 0) is 4.74 Å². The Hall–Kier alpha value is -3.22. The molecule has 0 spiro atoms. The highest BCUT2D eigenvalue weighted by Gasteiger charge is 2.35. The molecule has 0 saturated carbocycles. The Morgan fingerprint density at radius 2 is 1.85 bits per heavy atom. The van der Waals surface area contributed by atoms with E-state index in [1.54, 1.807) is 18.3 Å². The maximum atomic E-state index is 12.5. The Morgan fingerprint density at radius 3 is 2.52 bits per heavy atom. The predicted molar refractivity (Wildman–Crippen MR) is 96.7 cm³/mol. The second kappa shape index (κ2) is 7.57. The van der Waals surface area contributed by atoms with Crippen molar-refractivity contribution in [3.05, 3.63) is 58.9 Å². The van der Waals surface area contributed by atoms with E-state index in [0.29, 0.717) is 24.6 Å². The monoisotopic (exact) mass is 368 g/mol. The van der Waals surface area contributed by atoms with E-state index in [0.717, 1.165) is 0 Å². The number of H-pyrrole nitrogens is 1. The van der Waals surface area contributed by atoms with Gasteiger partial charge in [0.05, 0.1) is 22.4 Å². The molecule has 3 rings (SSSR count). The van der Waals surface area contributed by atoms with Gasteiger partial charge in [0, 0.05) is 12.7 Å². The molecule has 140 valence electrons. The lowest BCUT2D eigenvalue weighted by Gasteiger charge is -2.14. The number of aromatic nitrogens is 1. The number of esters is 1. The van der Waals surface area contributed by atoms with Gasteiger partial charge in [-0.15, -0.1) is 0 Å². The van der Waals surface area contributed by atoms with E-state index >= 15 is 0 Å². The van der Waals surface area contributed by atoms with Crippen LogP contribution in [0.1, 0.15) is 61.8 Å². The van der Waals surface area contributed by atoms with Crippen LogP contribution in [-0.4, -0.2) is 46.6 Å². The van der Waals surface area contributed by atoms with Gasteiger partial charge in [-0.3, -0.25) is 19.3 Å². The zero-order chi connectivity index (χ0) is 19.6. The van der Waals surface area contributed by atoms with Crippen molar-refractivity contribution < 1.29 is 23.9 Å². The second-order valence-corrected chi connectivity index (χ2v) is 6.79. The fourth-order valence-corrected chi connectivity index (χ4v) is 2.80. The maximum absolute atomic E-state index is 12.5. The summed E-state index contributed by atoms with van der Waals surface area (Å²) in [6.45, 7) is 3.96. The normalized spacial score (nSPS) is 13.2. The van der Waals surface area contributed by atoms with Crippen molar-refractivity contribution in [2.75, 3.05) is 13.2 Å². The van der Waals surface area contributed by atoms with Crippen LogP contribution in [0.4, 0.5) is 0 Å². The summed E-state index contributed by atoms with van der Waals surface area (Å²) in [7, 11) is 0. The van der Waals surface area contributed by atoms with Crippen molar-refractivity contribution in [1.82, 2.24) is 9.88 Å². The van der Waals surface area contributed by atoms with Crippen LogP contribution in [0.25, 0.3) is 0 Å². The Balaban J connectivity index is 1.69. The van der Waals surface area contributed by atoms with Crippen molar-refractivity contribution in [2.24, 2.45) is 5.92 Å². The summed E-state index contributed by atoms with van der Waals surface area (Å²) in [6, 6.07) is 7.49. The molecule has 0 fully saturated rings. The summed E-state index contributed by atoms with van der Waals surface area (Å²) in [5.74, 6) is -1.48. The minimum absolute atomic E-state index is 0.125. The van der Waals surface area contributed by atoms with E-state index in [9.17, 15) is 19.2 Å². The van der Waals surface area contributed by atoms with Gasteiger partial charge >= 0.3 is 5.97 Å². The highest BCUT2D eigenvalue weighted by atomic mass is 16.5. The number of nitrogens with zero attached hydrogens (tertiary/aromatic N) is 1. The third-order valence-corrected chi connectivity index (χ3v) is 4.37. The molecule has 0 saturated heterocycles. The van der Waals surface area contributed by atoms with Crippen molar-refractivity contribution in [3.8, 4) is 0 Å². The molecule has 7 heteroatoms. The number of ether oxygens (including phenoxy) is 1. The molecule has 0 bridgehead atoms. The highest BCUT2D eigenvalue weighted by Crippen LogP contribution is 2.25. The first kappa shape index (κ1) is 18.6. The largest absolute Gasteiger partial charge is 0.454 e. The number of ketones is 1. The Labute approximate surface area is 156 Å². The van der Waals surface area contributed by atoms with Gasteiger partial charge in [0.1, 0.15) is 0 Å². The molecule has 1 aliphatic heterocycles. The minimum Gasteiger partial charge on any atom is -0.454 e. The lowest BCUT2D eigenvalue weighted by molar-refractivity contribution is 0.0473. The molecule has 1 aromatic heterocycles. The first-order valence-corrected chi connectivity index (χ1v) is 8.72. The summed E-state index contributed by atoms with van der Waals surface area (Å²) >= 11 is 0. The first-order valence-electron chi connectivity index (χ1n) is 8.72. The van der Waals surface area contributed by atoms with Crippen LogP contribution in [0.15, 0.2) is 36.5 Å². The van der Waals surface area contributed by atoms with Gasteiger partial charge < -0.3 is 9.72 Å². The highest BCUT2D eigenvalue weighted by molar-refractivity contribution is 6.22. The fraction of sp³-hybridized carbons (Fsp3) is 0.300. The van der Waals surface area contributed by atoms with Crippen LogP contribution < -0.4 is 0 Å². The fourth-order valence-electron chi connectivity index (χ4n) is 2.80. The molecule has 1 N–H and O–H groups in total. The number of amides is 2. The summed E-state index contributed by atoms with van der Waals surface area (Å²) in [4.78, 5) is 52.9. The number of aromatic amines is 1. The number of carbonyl (C=O) groups excluding carboxylic acids is 4. The van der Waals surface area contributed by atoms with Crippen LogP contribution >= 0.6 is 0 Å². The average molecular weight is 368 g/mol. The van der Waals surface area contributed by atoms with Crippen molar-refractivity contribution in [3.63, 3.8) is 0 Å². The Morgan fingerprint density at radius 1 is 1.11 bits per heavy atom.